The van der Waals surface area contributed by atoms with Crippen LogP contribution >= 0.6 is 59.4 Å². The minimum Gasteiger partial charge on any atom is -0.454 e. The maximum atomic E-state index is 12.8. The average Bonchev–Trinajstić information content (AvgIpc) is 3.30. The molecule has 30 heavy (non-hydrogen) atoms. The summed E-state index contributed by atoms with van der Waals surface area (Å²) in [4.78, 5) is 51.0. The maximum Gasteiger partial charge on any atom is 0.326 e. The molecule has 11 heteroatoms. The number of nitrogens with zero attached hydrogens (tertiary/aromatic N) is 1. The van der Waals surface area contributed by atoms with E-state index >= 15 is 0 Å². The van der Waals surface area contributed by atoms with E-state index in [9.17, 15) is 19.2 Å². The van der Waals surface area contributed by atoms with Gasteiger partial charge in [-0.15, -0.1) is 0 Å². The van der Waals surface area contributed by atoms with Gasteiger partial charge in [0.1, 0.15) is 6.54 Å². The first-order valence-corrected chi connectivity index (χ1v) is 12.2. The smallest absolute Gasteiger partial charge is 0.326 e. The number of imide groups is 1. The van der Waals surface area contributed by atoms with Crippen LogP contribution in [0, 0.1) is 23.7 Å². The van der Waals surface area contributed by atoms with E-state index in [0.717, 1.165) is 11.3 Å². The summed E-state index contributed by atoms with van der Waals surface area (Å²) in [6.45, 7) is -1.02. The largest absolute Gasteiger partial charge is 0.454 e. The maximum absolute atomic E-state index is 12.8. The summed E-state index contributed by atoms with van der Waals surface area (Å²) < 4.78 is 5.65. The molecule has 6 atom stereocenters. The molecule has 1 aromatic rings. The quantitative estimate of drug-likeness (QED) is 0.307. The highest BCUT2D eigenvalue weighted by molar-refractivity contribution is 9.12. The molecule has 4 rings (SSSR count). The van der Waals surface area contributed by atoms with Crippen LogP contribution in [0.4, 0.5) is 5.69 Å². The van der Waals surface area contributed by atoms with Gasteiger partial charge in [-0.1, -0.05) is 43.5 Å². The van der Waals surface area contributed by atoms with Crippen molar-refractivity contribution in [2.45, 2.75) is 16.1 Å². The van der Waals surface area contributed by atoms with Gasteiger partial charge in [0.05, 0.1) is 16.9 Å². The third kappa shape index (κ3) is 3.84. The molecule has 0 spiro atoms. The molecule has 1 saturated heterocycles. The highest BCUT2D eigenvalue weighted by atomic mass is 79.9. The van der Waals surface area contributed by atoms with E-state index < -0.39 is 25.0 Å². The number of fused-ring (bicyclic) bond motifs is 5. The molecule has 7 nitrogen and oxygen atoms in total. The normalized spacial score (nSPS) is 31.8. The Kier molecular flexibility index (Phi) is 6.31. The molecule has 3 fully saturated rings. The Morgan fingerprint density at radius 2 is 1.73 bits per heavy atom. The molecule has 1 heterocycles. The van der Waals surface area contributed by atoms with E-state index in [1.54, 1.807) is 18.2 Å². The topological polar surface area (TPSA) is 92.8 Å². The monoisotopic (exact) mass is 624 g/mol. The van der Waals surface area contributed by atoms with Crippen molar-refractivity contribution in [1.29, 1.82) is 0 Å². The molecule has 2 aliphatic carbocycles. The Labute approximate surface area is 202 Å². The fourth-order valence-electron chi connectivity index (χ4n) is 4.66. The SMILES string of the molecule is O=C(COC(=O)CN1C(=O)[C@@H]2[C@H]3C[C@@H]([C@H](Br)[C@H]3Br)[C@@H]2C1=O)Nc1ccc(Br)c(Cl)c1. The van der Waals surface area contributed by atoms with Gasteiger partial charge in [0.25, 0.3) is 5.91 Å². The third-order valence-corrected chi connectivity index (χ3v) is 10.4. The minimum atomic E-state index is -0.807. The summed E-state index contributed by atoms with van der Waals surface area (Å²) in [7, 11) is 0. The first-order valence-electron chi connectivity index (χ1n) is 9.23. The summed E-state index contributed by atoms with van der Waals surface area (Å²) in [6.07, 6.45) is 0.817. The Balaban J connectivity index is 1.31. The molecule has 0 aromatic heterocycles. The van der Waals surface area contributed by atoms with Gasteiger partial charge in [-0.05, 0) is 52.4 Å². The van der Waals surface area contributed by atoms with Crippen molar-refractivity contribution in [2.75, 3.05) is 18.5 Å². The highest BCUT2D eigenvalue weighted by Crippen LogP contribution is 2.60. The van der Waals surface area contributed by atoms with Gasteiger partial charge in [-0.2, -0.15) is 0 Å². The lowest BCUT2D eigenvalue weighted by atomic mass is 9.81. The van der Waals surface area contributed by atoms with E-state index in [-0.39, 0.29) is 45.1 Å². The number of anilines is 1. The number of likely N-dealkylation sites (tertiary alicyclic amines) is 1. The zero-order valence-corrected chi connectivity index (χ0v) is 20.8. The lowest BCUT2D eigenvalue weighted by Gasteiger charge is -2.28. The number of rotatable bonds is 5. The average molecular weight is 628 g/mol. The number of carbonyl (C=O) groups excluding carboxylic acids is 4. The second-order valence-corrected chi connectivity index (χ2v) is 11.0. The molecule has 2 saturated carbocycles. The van der Waals surface area contributed by atoms with Crippen molar-refractivity contribution in [1.82, 2.24) is 4.90 Å². The first-order chi connectivity index (χ1) is 14.2. The Hall–Kier alpha value is -0.970. The number of benzene rings is 1. The molecule has 1 aliphatic heterocycles. The number of alkyl halides is 2. The second kappa shape index (κ2) is 8.52. The van der Waals surface area contributed by atoms with E-state index in [2.05, 4.69) is 53.1 Å². The third-order valence-electron chi connectivity index (χ3n) is 5.93. The van der Waals surface area contributed by atoms with Gasteiger partial charge in [-0.25, -0.2) is 0 Å². The summed E-state index contributed by atoms with van der Waals surface area (Å²) in [5.41, 5.74) is 0.450. The van der Waals surface area contributed by atoms with Crippen molar-refractivity contribution in [2.24, 2.45) is 23.7 Å². The van der Waals surface area contributed by atoms with Crippen LogP contribution in [0.15, 0.2) is 22.7 Å². The Morgan fingerprint density at radius 1 is 1.13 bits per heavy atom. The van der Waals surface area contributed by atoms with Crippen LogP contribution in [0.2, 0.25) is 5.02 Å². The molecule has 2 bridgehead atoms. The minimum absolute atomic E-state index is 0.0744. The van der Waals surface area contributed by atoms with Crippen LogP contribution in [-0.4, -0.2) is 51.4 Å². The van der Waals surface area contributed by atoms with Gasteiger partial charge >= 0.3 is 5.97 Å². The van der Waals surface area contributed by atoms with E-state index in [1.165, 1.54) is 0 Å². The van der Waals surface area contributed by atoms with E-state index in [0.29, 0.717) is 15.2 Å². The molecule has 3 amide bonds. The summed E-state index contributed by atoms with van der Waals surface area (Å²) in [5, 5.41) is 2.98. The molecule has 3 aliphatic rings. The molecule has 1 aromatic carbocycles. The van der Waals surface area contributed by atoms with Crippen molar-refractivity contribution in [3.05, 3.63) is 27.7 Å². The first kappa shape index (κ1) is 22.2. The number of hydrogen-bond acceptors (Lipinski definition) is 5. The highest BCUT2D eigenvalue weighted by Gasteiger charge is 2.66. The molecule has 1 N–H and O–H groups in total. The lowest BCUT2D eigenvalue weighted by molar-refractivity contribution is -0.154. The summed E-state index contributed by atoms with van der Waals surface area (Å²) >= 11 is 16.5. The van der Waals surface area contributed by atoms with Crippen LogP contribution in [0.25, 0.3) is 0 Å². The lowest BCUT2D eigenvalue weighted by Crippen LogP contribution is -2.38. The molecule has 160 valence electrons. The van der Waals surface area contributed by atoms with Crippen molar-refractivity contribution in [3.8, 4) is 0 Å². The standard InChI is InChI=1S/C19H16Br3ClN2O5/c20-10-2-1-7(3-11(10)23)24-12(26)6-30-13(27)5-25-18(28)14-8-4-9(15(14)19(25)29)17(22)16(8)21/h1-3,8-9,14-17H,4-6H2,(H,24,26)/t8-,9-,14-,15+,16+,17+/m1/s1. The Morgan fingerprint density at radius 3 is 2.30 bits per heavy atom. The summed E-state index contributed by atoms with van der Waals surface area (Å²) in [6, 6.07) is 4.86. The van der Waals surface area contributed by atoms with Crippen LogP contribution in [0.5, 0.6) is 0 Å². The van der Waals surface area contributed by atoms with Crippen LogP contribution in [0.3, 0.4) is 0 Å². The van der Waals surface area contributed by atoms with Crippen molar-refractivity contribution >= 4 is 88.8 Å². The number of ether oxygens (including phenoxy) is 1. The number of carbonyl (C=O) groups is 4. The summed E-state index contributed by atoms with van der Waals surface area (Å²) in [5.74, 6) is -2.65. The van der Waals surface area contributed by atoms with Gasteiger partial charge in [0, 0.05) is 19.8 Å². The van der Waals surface area contributed by atoms with Crippen LogP contribution in [0.1, 0.15) is 6.42 Å². The van der Waals surface area contributed by atoms with Crippen LogP contribution < -0.4 is 5.32 Å². The van der Waals surface area contributed by atoms with Crippen LogP contribution in [-0.2, 0) is 23.9 Å². The molecule has 0 unspecified atom stereocenters. The van der Waals surface area contributed by atoms with E-state index in [1.807, 2.05) is 0 Å². The number of hydrogen-bond donors (Lipinski definition) is 1. The fourth-order valence-corrected chi connectivity index (χ4v) is 6.96. The predicted molar refractivity (Wildman–Crippen MR) is 119 cm³/mol. The van der Waals surface area contributed by atoms with Gasteiger partial charge < -0.3 is 10.1 Å². The van der Waals surface area contributed by atoms with Gasteiger partial charge in [0.2, 0.25) is 11.8 Å². The molecule has 0 radical (unpaired) electrons. The van der Waals surface area contributed by atoms with Gasteiger partial charge in [-0.3, -0.25) is 24.1 Å². The van der Waals surface area contributed by atoms with Gasteiger partial charge in [0.15, 0.2) is 6.61 Å². The van der Waals surface area contributed by atoms with E-state index in [4.69, 9.17) is 16.3 Å². The number of esters is 1. The zero-order valence-electron chi connectivity index (χ0n) is 15.3. The van der Waals surface area contributed by atoms with Crippen molar-refractivity contribution in [3.63, 3.8) is 0 Å². The molecular formula is C19H16Br3ClN2O5. The number of halogens is 4. The van der Waals surface area contributed by atoms with Crippen molar-refractivity contribution < 1.29 is 23.9 Å². The number of amides is 3. The second-order valence-electron chi connectivity index (χ2n) is 7.60. The molecular weight excluding hydrogens is 611 g/mol. The Bertz CT molecular complexity index is 913. The predicted octanol–water partition coefficient (Wildman–Crippen LogP) is 3.36. The fraction of sp³-hybridized carbons (Fsp3) is 0.474. The number of nitrogens with one attached hydrogen (secondary N) is 1. The zero-order chi connectivity index (χ0) is 21.7.